The quantitative estimate of drug-likeness (QED) is 0.788. The van der Waals surface area contributed by atoms with Gasteiger partial charge >= 0.3 is 5.97 Å². The average molecular weight is 265 g/mol. The summed E-state index contributed by atoms with van der Waals surface area (Å²) in [5.41, 5.74) is 0.887. The van der Waals surface area contributed by atoms with Gasteiger partial charge in [-0.3, -0.25) is 9.59 Å². The molecule has 1 N–H and O–H groups in total. The number of carbonyl (C=O) groups is 2. The molecule has 104 valence electrons. The molecule has 0 bridgehead atoms. The predicted octanol–water partition coefficient (Wildman–Crippen LogP) is 1.35. The number of rotatable bonds is 6. The first-order valence-electron chi connectivity index (χ1n) is 6.20. The Bertz CT molecular complexity index is 445. The lowest BCUT2D eigenvalue weighted by Gasteiger charge is -2.16. The monoisotopic (exact) mass is 265 g/mol. The van der Waals surface area contributed by atoms with Crippen molar-refractivity contribution in [2.75, 3.05) is 20.2 Å². The summed E-state index contributed by atoms with van der Waals surface area (Å²) < 4.78 is 4.78. The second-order valence-corrected chi connectivity index (χ2v) is 4.22. The lowest BCUT2D eigenvalue weighted by atomic mass is 10.1. The summed E-state index contributed by atoms with van der Waals surface area (Å²) in [6.07, 6.45) is 0.819. The number of aryl methyl sites for hydroxylation is 1. The number of aromatic hydroxyl groups is 1. The number of carbonyl (C=O) groups excluding carboxylic acids is 2. The smallest absolute Gasteiger partial charge is 0.325 e. The molecule has 0 aliphatic rings. The van der Waals surface area contributed by atoms with Gasteiger partial charge in [0.25, 0.3) is 0 Å². The van der Waals surface area contributed by atoms with Crippen LogP contribution in [0.3, 0.4) is 0 Å². The van der Waals surface area contributed by atoms with Gasteiger partial charge in [0.05, 0.1) is 6.61 Å². The molecule has 0 radical (unpaired) electrons. The molecule has 0 unspecified atom stereocenters. The van der Waals surface area contributed by atoms with Crippen LogP contribution in [0.2, 0.25) is 0 Å². The Balaban J connectivity index is 2.40. The molecule has 1 aromatic carbocycles. The van der Waals surface area contributed by atoms with E-state index in [1.54, 1.807) is 32.2 Å². The number of hydrogen-bond acceptors (Lipinski definition) is 4. The summed E-state index contributed by atoms with van der Waals surface area (Å²) in [6, 6.07) is 6.78. The fourth-order valence-electron chi connectivity index (χ4n) is 1.64. The van der Waals surface area contributed by atoms with Gasteiger partial charge in [0.2, 0.25) is 5.91 Å². The molecule has 19 heavy (non-hydrogen) atoms. The second-order valence-electron chi connectivity index (χ2n) is 4.22. The topological polar surface area (TPSA) is 66.8 Å². The van der Waals surface area contributed by atoms with Crippen molar-refractivity contribution in [3.63, 3.8) is 0 Å². The fourth-order valence-corrected chi connectivity index (χ4v) is 1.64. The van der Waals surface area contributed by atoms with Crippen molar-refractivity contribution in [3.8, 4) is 5.75 Å². The van der Waals surface area contributed by atoms with E-state index < -0.39 is 5.97 Å². The van der Waals surface area contributed by atoms with Gasteiger partial charge in [0.15, 0.2) is 0 Å². The van der Waals surface area contributed by atoms with Crippen LogP contribution in [0.5, 0.6) is 5.75 Å². The first kappa shape index (κ1) is 15.0. The largest absolute Gasteiger partial charge is 0.508 e. The van der Waals surface area contributed by atoms with Crippen LogP contribution in [0.4, 0.5) is 0 Å². The van der Waals surface area contributed by atoms with Crippen molar-refractivity contribution in [2.45, 2.75) is 19.8 Å². The summed E-state index contributed by atoms with van der Waals surface area (Å²) >= 11 is 0. The third-order valence-electron chi connectivity index (χ3n) is 2.64. The highest BCUT2D eigenvalue weighted by molar-refractivity contribution is 5.81. The van der Waals surface area contributed by atoms with Crippen molar-refractivity contribution < 1.29 is 19.4 Å². The number of hydrogen-bond donors (Lipinski definition) is 1. The van der Waals surface area contributed by atoms with E-state index in [0.717, 1.165) is 5.56 Å². The number of amides is 1. The number of ether oxygens (including phenoxy) is 1. The Labute approximate surface area is 112 Å². The maximum atomic E-state index is 11.8. The summed E-state index contributed by atoms with van der Waals surface area (Å²) in [5.74, 6) is -0.350. The lowest BCUT2D eigenvalue weighted by molar-refractivity contribution is -0.148. The molecule has 0 heterocycles. The van der Waals surface area contributed by atoms with Crippen LogP contribution < -0.4 is 0 Å². The first-order chi connectivity index (χ1) is 9.02. The number of benzene rings is 1. The van der Waals surface area contributed by atoms with E-state index in [9.17, 15) is 14.7 Å². The SMILES string of the molecule is CCOC(=O)CN(C)C(=O)CCc1cccc(O)c1. The number of phenolic OH excluding ortho intramolecular Hbond substituents is 1. The summed E-state index contributed by atoms with van der Waals surface area (Å²) in [6.45, 7) is 2.00. The minimum absolute atomic E-state index is 0.0350. The van der Waals surface area contributed by atoms with Crippen molar-refractivity contribution in [1.82, 2.24) is 4.90 Å². The van der Waals surface area contributed by atoms with Gasteiger partial charge in [-0.1, -0.05) is 12.1 Å². The van der Waals surface area contributed by atoms with Gasteiger partial charge in [0, 0.05) is 13.5 Å². The van der Waals surface area contributed by atoms with Crippen molar-refractivity contribution in [1.29, 1.82) is 0 Å². The van der Waals surface area contributed by atoms with Crippen LogP contribution in [-0.2, 0) is 20.7 Å². The minimum Gasteiger partial charge on any atom is -0.508 e. The molecule has 0 saturated carbocycles. The highest BCUT2D eigenvalue weighted by Gasteiger charge is 2.13. The molecule has 1 aromatic rings. The summed E-state index contributed by atoms with van der Waals surface area (Å²) in [5, 5.41) is 9.31. The number of phenols is 1. The number of nitrogens with zero attached hydrogens (tertiary/aromatic N) is 1. The molecule has 0 spiro atoms. The zero-order valence-corrected chi connectivity index (χ0v) is 11.3. The summed E-state index contributed by atoms with van der Waals surface area (Å²) in [4.78, 5) is 24.4. The molecule has 0 aliphatic carbocycles. The van der Waals surface area contributed by atoms with Crippen LogP contribution in [0.25, 0.3) is 0 Å². The van der Waals surface area contributed by atoms with Gasteiger partial charge in [0.1, 0.15) is 12.3 Å². The van der Waals surface area contributed by atoms with E-state index in [4.69, 9.17) is 4.74 Å². The lowest BCUT2D eigenvalue weighted by Crippen LogP contribution is -2.33. The van der Waals surface area contributed by atoms with Crippen LogP contribution in [-0.4, -0.2) is 42.1 Å². The molecule has 1 rings (SSSR count). The fraction of sp³-hybridized carbons (Fsp3) is 0.429. The second kappa shape index (κ2) is 7.41. The average Bonchev–Trinajstić information content (AvgIpc) is 2.36. The van der Waals surface area contributed by atoms with E-state index in [1.165, 1.54) is 4.90 Å². The zero-order chi connectivity index (χ0) is 14.3. The van der Waals surface area contributed by atoms with Crippen LogP contribution in [0.15, 0.2) is 24.3 Å². The molecular formula is C14H19NO4. The standard InChI is InChI=1S/C14H19NO4/c1-3-19-14(18)10-15(2)13(17)8-7-11-5-4-6-12(16)9-11/h4-6,9,16H,3,7-8,10H2,1-2H3. The van der Waals surface area contributed by atoms with Gasteiger partial charge < -0.3 is 14.7 Å². The zero-order valence-electron chi connectivity index (χ0n) is 11.3. The van der Waals surface area contributed by atoms with E-state index in [0.29, 0.717) is 19.4 Å². The van der Waals surface area contributed by atoms with Crippen LogP contribution >= 0.6 is 0 Å². The number of esters is 1. The van der Waals surface area contributed by atoms with Crippen molar-refractivity contribution in [2.24, 2.45) is 0 Å². The third-order valence-corrected chi connectivity index (χ3v) is 2.64. The van der Waals surface area contributed by atoms with Gasteiger partial charge in [-0.15, -0.1) is 0 Å². The molecular weight excluding hydrogens is 246 g/mol. The van der Waals surface area contributed by atoms with Crippen molar-refractivity contribution >= 4 is 11.9 Å². The molecule has 5 heteroatoms. The molecule has 0 aromatic heterocycles. The highest BCUT2D eigenvalue weighted by Crippen LogP contribution is 2.12. The van der Waals surface area contributed by atoms with E-state index in [2.05, 4.69) is 0 Å². The van der Waals surface area contributed by atoms with E-state index in [-0.39, 0.29) is 18.2 Å². The first-order valence-corrected chi connectivity index (χ1v) is 6.20. The minimum atomic E-state index is -0.407. The Hall–Kier alpha value is -2.04. The molecule has 5 nitrogen and oxygen atoms in total. The molecule has 0 fully saturated rings. The molecule has 0 aliphatic heterocycles. The summed E-state index contributed by atoms with van der Waals surface area (Å²) in [7, 11) is 1.57. The third kappa shape index (κ3) is 5.42. The Kier molecular flexibility index (Phi) is 5.85. The van der Waals surface area contributed by atoms with E-state index in [1.807, 2.05) is 6.07 Å². The molecule has 0 saturated heterocycles. The van der Waals surface area contributed by atoms with Gasteiger partial charge in [-0.2, -0.15) is 0 Å². The predicted molar refractivity (Wildman–Crippen MR) is 70.7 cm³/mol. The Morgan fingerprint density at radius 2 is 2.11 bits per heavy atom. The normalized spacial score (nSPS) is 10.0. The number of likely N-dealkylation sites (N-methyl/N-ethyl adjacent to an activating group) is 1. The molecule has 0 atom stereocenters. The Morgan fingerprint density at radius 1 is 1.37 bits per heavy atom. The van der Waals surface area contributed by atoms with E-state index >= 15 is 0 Å². The van der Waals surface area contributed by atoms with Crippen LogP contribution in [0, 0.1) is 0 Å². The van der Waals surface area contributed by atoms with Gasteiger partial charge in [-0.05, 0) is 31.0 Å². The Morgan fingerprint density at radius 3 is 2.74 bits per heavy atom. The maximum absolute atomic E-state index is 11.8. The maximum Gasteiger partial charge on any atom is 0.325 e. The van der Waals surface area contributed by atoms with Crippen LogP contribution in [0.1, 0.15) is 18.9 Å². The van der Waals surface area contributed by atoms with Crippen molar-refractivity contribution in [3.05, 3.63) is 29.8 Å². The molecule has 1 amide bonds. The highest BCUT2D eigenvalue weighted by atomic mass is 16.5. The van der Waals surface area contributed by atoms with Gasteiger partial charge in [-0.25, -0.2) is 0 Å².